The summed E-state index contributed by atoms with van der Waals surface area (Å²) in [5, 5.41) is 0. The SMILES string of the molecule is CCCCc1ccc(OC)c(Br)c1. The fourth-order valence-electron chi connectivity index (χ4n) is 1.25. The lowest BCUT2D eigenvalue weighted by molar-refractivity contribution is 0.412. The van der Waals surface area contributed by atoms with E-state index in [-0.39, 0.29) is 0 Å². The van der Waals surface area contributed by atoms with Crippen LogP contribution in [0.3, 0.4) is 0 Å². The molecule has 1 rings (SSSR count). The van der Waals surface area contributed by atoms with Gasteiger partial charge in [0.1, 0.15) is 5.75 Å². The minimum Gasteiger partial charge on any atom is -0.496 e. The van der Waals surface area contributed by atoms with Crippen LogP contribution in [0.1, 0.15) is 25.3 Å². The molecule has 0 unspecified atom stereocenters. The number of hydrogen-bond donors (Lipinski definition) is 0. The van der Waals surface area contributed by atoms with Crippen molar-refractivity contribution in [1.82, 2.24) is 0 Å². The van der Waals surface area contributed by atoms with E-state index in [9.17, 15) is 0 Å². The van der Waals surface area contributed by atoms with Gasteiger partial charge in [-0.25, -0.2) is 0 Å². The van der Waals surface area contributed by atoms with Gasteiger partial charge in [-0.05, 0) is 46.5 Å². The summed E-state index contributed by atoms with van der Waals surface area (Å²) >= 11 is 3.47. The number of hydrogen-bond acceptors (Lipinski definition) is 1. The largest absolute Gasteiger partial charge is 0.496 e. The molecule has 0 aliphatic rings. The van der Waals surface area contributed by atoms with Crippen molar-refractivity contribution < 1.29 is 4.74 Å². The standard InChI is InChI=1S/C11H15BrO/c1-3-4-5-9-6-7-11(13-2)10(12)8-9/h6-8H,3-5H2,1-2H3. The molecule has 0 amide bonds. The lowest BCUT2D eigenvalue weighted by atomic mass is 10.1. The number of ether oxygens (including phenoxy) is 1. The number of rotatable bonds is 4. The predicted molar refractivity (Wildman–Crippen MR) is 59.3 cm³/mol. The lowest BCUT2D eigenvalue weighted by Gasteiger charge is -2.05. The summed E-state index contributed by atoms with van der Waals surface area (Å²) in [7, 11) is 1.69. The molecule has 0 aliphatic heterocycles. The van der Waals surface area contributed by atoms with Crippen LogP contribution in [0.2, 0.25) is 0 Å². The van der Waals surface area contributed by atoms with Gasteiger partial charge in [-0.3, -0.25) is 0 Å². The molecule has 0 saturated heterocycles. The first kappa shape index (κ1) is 10.6. The van der Waals surface area contributed by atoms with Crippen molar-refractivity contribution in [1.29, 1.82) is 0 Å². The molecule has 13 heavy (non-hydrogen) atoms. The van der Waals surface area contributed by atoms with Crippen molar-refractivity contribution in [3.8, 4) is 5.75 Å². The Labute approximate surface area is 88.2 Å². The van der Waals surface area contributed by atoms with Gasteiger partial charge in [-0.1, -0.05) is 19.4 Å². The second-order valence-electron chi connectivity index (χ2n) is 3.07. The quantitative estimate of drug-likeness (QED) is 0.781. The highest BCUT2D eigenvalue weighted by Crippen LogP contribution is 2.25. The van der Waals surface area contributed by atoms with Gasteiger partial charge in [0, 0.05) is 0 Å². The molecule has 0 aromatic heterocycles. The smallest absolute Gasteiger partial charge is 0.133 e. The van der Waals surface area contributed by atoms with Gasteiger partial charge in [0.25, 0.3) is 0 Å². The second-order valence-corrected chi connectivity index (χ2v) is 3.93. The lowest BCUT2D eigenvalue weighted by Crippen LogP contribution is -1.88. The van der Waals surface area contributed by atoms with E-state index in [4.69, 9.17) is 4.74 Å². The van der Waals surface area contributed by atoms with Crippen molar-refractivity contribution >= 4 is 15.9 Å². The molecule has 72 valence electrons. The number of unbranched alkanes of at least 4 members (excludes halogenated alkanes) is 1. The normalized spacial score (nSPS) is 10.1. The summed E-state index contributed by atoms with van der Waals surface area (Å²) in [6.45, 7) is 2.21. The average molecular weight is 243 g/mol. The summed E-state index contributed by atoms with van der Waals surface area (Å²) in [5.74, 6) is 0.903. The minimum atomic E-state index is 0.903. The highest BCUT2D eigenvalue weighted by atomic mass is 79.9. The van der Waals surface area contributed by atoms with Crippen molar-refractivity contribution in [3.05, 3.63) is 28.2 Å². The molecule has 1 nitrogen and oxygen atoms in total. The van der Waals surface area contributed by atoms with Gasteiger partial charge in [-0.2, -0.15) is 0 Å². The number of benzene rings is 1. The molecule has 0 fully saturated rings. The topological polar surface area (TPSA) is 9.23 Å². The Morgan fingerprint density at radius 2 is 2.15 bits per heavy atom. The molecule has 0 radical (unpaired) electrons. The molecule has 0 N–H and O–H groups in total. The van der Waals surface area contributed by atoms with Crippen LogP contribution in [-0.4, -0.2) is 7.11 Å². The zero-order valence-corrected chi connectivity index (χ0v) is 9.73. The fraction of sp³-hybridized carbons (Fsp3) is 0.455. The fourth-order valence-corrected chi connectivity index (χ4v) is 1.83. The molecule has 0 heterocycles. The van der Waals surface area contributed by atoms with Crippen LogP contribution in [0.25, 0.3) is 0 Å². The Hall–Kier alpha value is -0.500. The highest BCUT2D eigenvalue weighted by Gasteiger charge is 2.00. The average Bonchev–Trinajstić information content (AvgIpc) is 2.15. The van der Waals surface area contributed by atoms with Crippen LogP contribution < -0.4 is 4.74 Å². The van der Waals surface area contributed by atoms with E-state index >= 15 is 0 Å². The van der Waals surface area contributed by atoms with Crippen LogP contribution in [0.5, 0.6) is 5.75 Å². The third kappa shape index (κ3) is 3.03. The van der Waals surface area contributed by atoms with Crippen LogP contribution in [0.15, 0.2) is 22.7 Å². The molecule has 0 bridgehead atoms. The van der Waals surface area contributed by atoms with Crippen molar-refractivity contribution in [2.75, 3.05) is 7.11 Å². The van der Waals surface area contributed by atoms with E-state index < -0.39 is 0 Å². The Bertz CT molecular complexity index is 271. The van der Waals surface area contributed by atoms with E-state index in [0.717, 1.165) is 16.6 Å². The van der Waals surface area contributed by atoms with Crippen LogP contribution in [0, 0.1) is 0 Å². The third-order valence-electron chi connectivity index (χ3n) is 2.04. The Balaban J connectivity index is 2.71. The number of halogens is 1. The van der Waals surface area contributed by atoms with E-state index in [1.807, 2.05) is 6.07 Å². The maximum Gasteiger partial charge on any atom is 0.133 e. The van der Waals surface area contributed by atoms with E-state index in [1.54, 1.807) is 7.11 Å². The van der Waals surface area contributed by atoms with Crippen molar-refractivity contribution in [2.45, 2.75) is 26.2 Å². The van der Waals surface area contributed by atoms with Gasteiger partial charge in [0.05, 0.1) is 11.6 Å². The minimum absolute atomic E-state index is 0.903. The van der Waals surface area contributed by atoms with Crippen LogP contribution >= 0.6 is 15.9 Å². The summed E-state index contributed by atoms with van der Waals surface area (Å²) in [6, 6.07) is 6.27. The zero-order valence-electron chi connectivity index (χ0n) is 8.14. The Kier molecular flexibility index (Phi) is 4.29. The second kappa shape index (κ2) is 5.28. The summed E-state index contributed by atoms with van der Waals surface area (Å²) in [6.07, 6.45) is 3.64. The monoisotopic (exact) mass is 242 g/mol. The maximum absolute atomic E-state index is 5.16. The number of aryl methyl sites for hydroxylation is 1. The summed E-state index contributed by atoms with van der Waals surface area (Å²) < 4.78 is 6.20. The summed E-state index contributed by atoms with van der Waals surface area (Å²) in [4.78, 5) is 0. The van der Waals surface area contributed by atoms with Gasteiger partial charge < -0.3 is 4.74 Å². The first-order chi connectivity index (χ1) is 6.27. The predicted octanol–water partition coefficient (Wildman–Crippen LogP) is 3.80. The molecular formula is C11H15BrO. The molecule has 0 atom stereocenters. The van der Waals surface area contributed by atoms with Crippen molar-refractivity contribution in [3.63, 3.8) is 0 Å². The van der Waals surface area contributed by atoms with Gasteiger partial charge in [0.15, 0.2) is 0 Å². The van der Waals surface area contributed by atoms with E-state index in [1.165, 1.54) is 18.4 Å². The van der Waals surface area contributed by atoms with Crippen LogP contribution in [-0.2, 0) is 6.42 Å². The molecular weight excluding hydrogens is 228 g/mol. The highest BCUT2D eigenvalue weighted by molar-refractivity contribution is 9.10. The number of methoxy groups -OCH3 is 1. The first-order valence-electron chi connectivity index (χ1n) is 4.60. The van der Waals surface area contributed by atoms with Gasteiger partial charge in [-0.15, -0.1) is 0 Å². The van der Waals surface area contributed by atoms with Gasteiger partial charge in [0.2, 0.25) is 0 Å². The molecule has 0 aliphatic carbocycles. The molecule has 1 aromatic rings. The van der Waals surface area contributed by atoms with Crippen molar-refractivity contribution in [2.24, 2.45) is 0 Å². The molecule has 0 saturated carbocycles. The zero-order chi connectivity index (χ0) is 9.68. The first-order valence-corrected chi connectivity index (χ1v) is 5.39. The summed E-state index contributed by atoms with van der Waals surface area (Å²) in [5.41, 5.74) is 1.37. The third-order valence-corrected chi connectivity index (χ3v) is 2.65. The Morgan fingerprint density at radius 3 is 2.69 bits per heavy atom. The maximum atomic E-state index is 5.16. The van der Waals surface area contributed by atoms with E-state index in [0.29, 0.717) is 0 Å². The van der Waals surface area contributed by atoms with Gasteiger partial charge >= 0.3 is 0 Å². The van der Waals surface area contributed by atoms with Crippen LogP contribution in [0.4, 0.5) is 0 Å². The van der Waals surface area contributed by atoms with E-state index in [2.05, 4.69) is 35.0 Å². The molecule has 0 spiro atoms. The molecule has 1 aromatic carbocycles. The Morgan fingerprint density at radius 1 is 1.38 bits per heavy atom. The molecule has 2 heteroatoms.